The summed E-state index contributed by atoms with van der Waals surface area (Å²) in [6.07, 6.45) is 9.46. The van der Waals surface area contributed by atoms with Crippen LogP contribution in [-0.4, -0.2) is 37.6 Å². The van der Waals surface area contributed by atoms with E-state index in [1.165, 1.54) is 53.1 Å². The summed E-state index contributed by atoms with van der Waals surface area (Å²) < 4.78 is 9.00. The largest absolute Gasteiger partial charge is 0.486 e. The van der Waals surface area contributed by atoms with Crippen LogP contribution in [0.4, 0.5) is 0 Å². The van der Waals surface area contributed by atoms with Crippen LogP contribution in [0.2, 0.25) is 19.6 Å². The van der Waals surface area contributed by atoms with Crippen molar-refractivity contribution in [2.45, 2.75) is 119 Å². The van der Waals surface area contributed by atoms with Gasteiger partial charge in [0.1, 0.15) is 0 Å². The van der Waals surface area contributed by atoms with Gasteiger partial charge in [0.25, 0.3) is 0 Å². The average Bonchev–Trinajstić information content (AvgIpc) is 4.09. The molecule has 0 saturated heterocycles. The first-order chi connectivity index (χ1) is 34.0. The Morgan fingerprint density at radius 1 is 0.764 bits per heavy atom. The van der Waals surface area contributed by atoms with Gasteiger partial charge in [-0.05, 0) is 112 Å². The molecule has 1 aliphatic rings. The molecule has 7 nitrogen and oxygen atoms in total. The van der Waals surface area contributed by atoms with Gasteiger partial charge in [-0.1, -0.05) is 165 Å². The van der Waals surface area contributed by atoms with Gasteiger partial charge in [0.05, 0.1) is 36.0 Å². The van der Waals surface area contributed by atoms with Crippen molar-refractivity contribution in [2.75, 3.05) is 0 Å². The maximum Gasteiger partial charge on any atom is 0.216 e. The van der Waals surface area contributed by atoms with Gasteiger partial charge in [0.15, 0.2) is 0 Å². The minimum absolute atomic E-state index is 0. The van der Waals surface area contributed by atoms with Gasteiger partial charge in [0.2, 0.25) is 5.71 Å². The third-order valence-corrected chi connectivity index (χ3v) is 16.2. The van der Waals surface area contributed by atoms with Gasteiger partial charge < -0.3 is 19.0 Å². The molecule has 11 rings (SSSR count). The van der Waals surface area contributed by atoms with Crippen LogP contribution in [0.15, 0.2) is 120 Å². The van der Waals surface area contributed by atoms with Gasteiger partial charge in [-0.3, -0.25) is 9.97 Å². The molecule has 10 aromatic rings. The van der Waals surface area contributed by atoms with Crippen LogP contribution in [0.5, 0.6) is 0 Å². The fourth-order valence-corrected chi connectivity index (χ4v) is 12.2. The van der Waals surface area contributed by atoms with Crippen LogP contribution in [-0.2, 0) is 38.4 Å². The van der Waals surface area contributed by atoms with Gasteiger partial charge in [-0.2, -0.15) is 0 Å². The second kappa shape index (κ2) is 20.4. The summed E-state index contributed by atoms with van der Waals surface area (Å²) in [4.78, 5) is 24.8. The molecular weight excluding hydrogens is 1080 g/mol. The molecule has 369 valence electrons. The molecule has 6 aromatic heterocycles. The topological polar surface area (TPSA) is 82.5 Å². The Labute approximate surface area is 440 Å². The van der Waals surface area contributed by atoms with Crippen LogP contribution < -0.4 is 5.19 Å². The normalized spacial score (nSPS) is 13.3. The van der Waals surface area contributed by atoms with Crippen molar-refractivity contribution in [2.24, 2.45) is 11.8 Å². The van der Waals surface area contributed by atoms with E-state index in [4.69, 9.17) is 24.4 Å². The number of aromatic nitrogens is 6. The van der Waals surface area contributed by atoms with Crippen molar-refractivity contribution in [1.29, 1.82) is 0 Å². The van der Waals surface area contributed by atoms with Crippen LogP contribution in [0, 0.1) is 44.7 Å². The Kier molecular flexibility index (Phi) is 14.4. The molecule has 72 heavy (non-hydrogen) atoms. The number of rotatable bonds is 9. The number of hydrogen-bond donors (Lipinski definition) is 0. The summed E-state index contributed by atoms with van der Waals surface area (Å²) in [7, 11) is -1.38. The monoisotopic (exact) mass is 1140 g/mol. The Morgan fingerprint density at radius 2 is 1.53 bits per heavy atom. The summed E-state index contributed by atoms with van der Waals surface area (Å²) >= 11 is 0. The van der Waals surface area contributed by atoms with Crippen molar-refractivity contribution < 1.29 is 24.5 Å². The zero-order valence-corrected chi connectivity index (χ0v) is 47.2. The van der Waals surface area contributed by atoms with Gasteiger partial charge in [-0.15, -0.1) is 35.9 Å². The first kappa shape index (κ1) is 50.8. The Bertz CT molecular complexity index is 3590. The third kappa shape index (κ3) is 10.3. The SMILES string of the molecule is Cc1c[c-]c(-c2cc(CC(C)C)c([Si](C)(C)C)cn2)c(C)n1.Cc1ccc2ccc3nc(-c4[c-]ccc5c4oc4nc(CC6CCCC6)ccc45)n(-c4ccc(-c5ccccc5)cc4C(C)(C)C)c3c2n1.[Ir]. The van der Waals surface area contributed by atoms with E-state index >= 15 is 0 Å². The van der Waals surface area contributed by atoms with E-state index in [2.05, 4.69) is 179 Å². The van der Waals surface area contributed by atoms with E-state index in [1.807, 2.05) is 32.9 Å². The Hall–Kier alpha value is -6.12. The number of benzene rings is 4. The molecule has 0 amide bonds. The molecule has 6 heterocycles. The first-order valence-corrected chi connectivity index (χ1v) is 29.1. The van der Waals surface area contributed by atoms with E-state index in [0.717, 1.165) is 108 Å². The fourth-order valence-electron chi connectivity index (χ4n) is 10.6. The smallest absolute Gasteiger partial charge is 0.216 e. The molecule has 1 aliphatic carbocycles. The number of nitrogens with zero attached hydrogens (tertiary/aromatic N) is 6. The summed E-state index contributed by atoms with van der Waals surface area (Å²) in [5, 5.41) is 4.60. The second-order valence-electron chi connectivity index (χ2n) is 22.4. The number of furan rings is 1. The van der Waals surface area contributed by atoms with Crippen LogP contribution in [0.25, 0.3) is 83.5 Å². The minimum atomic E-state index is -1.38. The maximum absolute atomic E-state index is 6.70. The number of fused-ring (bicyclic) bond motifs is 6. The van der Waals surface area contributed by atoms with Gasteiger partial charge >= 0.3 is 0 Å². The average molecular weight is 1140 g/mol. The van der Waals surface area contributed by atoms with Gasteiger partial charge in [-0.25, -0.2) is 4.98 Å². The van der Waals surface area contributed by atoms with Crippen LogP contribution >= 0.6 is 0 Å². The van der Waals surface area contributed by atoms with E-state index < -0.39 is 8.07 Å². The zero-order valence-electron chi connectivity index (χ0n) is 43.8. The summed E-state index contributed by atoms with van der Waals surface area (Å²) in [6.45, 7) is 24.6. The van der Waals surface area contributed by atoms with Crippen molar-refractivity contribution in [3.05, 3.63) is 161 Å². The molecule has 1 saturated carbocycles. The fraction of sp³-hybridized carbons (Fsp3) is 0.317. The number of aryl methyl sites for hydroxylation is 3. The van der Waals surface area contributed by atoms with E-state index in [-0.39, 0.29) is 25.5 Å². The predicted octanol–water partition coefficient (Wildman–Crippen LogP) is 15.6. The summed E-state index contributed by atoms with van der Waals surface area (Å²) in [6, 6.07) is 45.4. The molecule has 1 radical (unpaired) electrons. The van der Waals surface area contributed by atoms with Gasteiger partial charge in [0, 0.05) is 54.1 Å². The van der Waals surface area contributed by atoms with Crippen molar-refractivity contribution in [3.8, 4) is 39.5 Å². The van der Waals surface area contributed by atoms with E-state index in [9.17, 15) is 0 Å². The number of pyridine rings is 4. The number of imidazole rings is 1. The van der Waals surface area contributed by atoms with Crippen LogP contribution in [0.1, 0.15) is 94.2 Å². The van der Waals surface area contributed by atoms with Crippen molar-refractivity contribution >= 4 is 57.3 Å². The zero-order chi connectivity index (χ0) is 49.8. The summed E-state index contributed by atoms with van der Waals surface area (Å²) in [5.74, 6) is 2.14. The quantitative estimate of drug-likeness (QED) is 0.106. The van der Waals surface area contributed by atoms with E-state index in [0.29, 0.717) is 11.6 Å². The van der Waals surface area contributed by atoms with Crippen molar-refractivity contribution in [3.63, 3.8) is 0 Å². The Balaban J connectivity index is 0.000000235. The molecule has 0 atom stereocenters. The molecule has 0 unspecified atom stereocenters. The molecular formula is C63H66IrN6OSi-2. The summed E-state index contributed by atoms with van der Waals surface area (Å²) in [5.41, 5.74) is 17.1. The standard InChI is InChI=1S/C44H39N4O.C19H27N2Si.Ir/c1-27-17-18-30-19-23-37-40(39(30)45-27)48(38-24-20-31(26-36(38)44(2,3)4)29-13-6-5-7-14-29)42(47-37)35-16-10-15-33-34-22-21-32(25-28-11-8-9-12-28)46-43(34)49-41(33)35;1-13(2)10-16-11-18(20-12-19(16)22(5,6)7)17-9-8-14(3)21-15(17)4;/h5-7,10,13-15,17-24,26,28H,8-9,11-12,25H2,1-4H3;8,11-13H,10H2,1-7H3;/q2*-1;. The first-order valence-electron chi connectivity index (χ1n) is 25.6. The van der Waals surface area contributed by atoms with Crippen molar-refractivity contribution in [1.82, 2.24) is 29.5 Å². The molecule has 0 spiro atoms. The van der Waals surface area contributed by atoms with E-state index in [1.54, 1.807) is 0 Å². The number of hydrogen-bond acceptors (Lipinski definition) is 6. The van der Waals surface area contributed by atoms with Crippen LogP contribution in [0.3, 0.4) is 0 Å². The maximum atomic E-state index is 6.70. The molecule has 0 bridgehead atoms. The second-order valence-corrected chi connectivity index (χ2v) is 27.4. The third-order valence-electron chi connectivity index (χ3n) is 14.1. The predicted molar refractivity (Wildman–Crippen MR) is 298 cm³/mol. The molecule has 9 heteroatoms. The molecule has 4 aromatic carbocycles. The molecule has 0 aliphatic heterocycles. The molecule has 0 N–H and O–H groups in total. The molecule has 1 fully saturated rings. The minimum Gasteiger partial charge on any atom is -0.486 e. The Morgan fingerprint density at radius 3 is 2.25 bits per heavy atom.